The molecule has 1 aromatic heterocycles. The van der Waals surface area contributed by atoms with E-state index in [0.29, 0.717) is 25.0 Å². The van der Waals surface area contributed by atoms with Crippen LogP contribution in [0.5, 0.6) is 0 Å². The maximum absolute atomic E-state index is 11.9. The highest BCUT2D eigenvalue weighted by molar-refractivity contribution is 7.14. The SMILES string of the molecule is CCOC(=O)c1csc(NC(=O)C2(C)COC2)n1. The number of rotatable bonds is 4. The molecular formula is C11H14N2O4S. The molecule has 0 unspecified atom stereocenters. The van der Waals surface area contributed by atoms with Crippen LogP contribution in [0.3, 0.4) is 0 Å². The molecule has 0 aromatic carbocycles. The van der Waals surface area contributed by atoms with Crippen molar-refractivity contribution in [3.05, 3.63) is 11.1 Å². The molecule has 0 spiro atoms. The van der Waals surface area contributed by atoms with Gasteiger partial charge in [0.1, 0.15) is 0 Å². The first kappa shape index (κ1) is 13.0. The Kier molecular flexibility index (Phi) is 3.63. The molecule has 2 heterocycles. The summed E-state index contributed by atoms with van der Waals surface area (Å²) in [4.78, 5) is 27.3. The number of nitrogens with zero attached hydrogens (tertiary/aromatic N) is 1. The highest BCUT2D eigenvalue weighted by Gasteiger charge is 2.41. The van der Waals surface area contributed by atoms with E-state index in [4.69, 9.17) is 9.47 Å². The highest BCUT2D eigenvalue weighted by atomic mass is 32.1. The van der Waals surface area contributed by atoms with Gasteiger partial charge in [-0.25, -0.2) is 9.78 Å². The van der Waals surface area contributed by atoms with Crippen LogP contribution in [0.15, 0.2) is 5.38 Å². The molecule has 1 aromatic rings. The molecule has 0 radical (unpaired) electrons. The first-order valence-corrected chi connectivity index (χ1v) is 6.45. The van der Waals surface area contributed by atoms with E-state index in [2.05, 4.69) is 10.3 Å². The number of nitrogens with one attached hydrogen (secondary N) is 1. The summed E-state index contributed by atoms with van der Waals surface area (Å²) in [5.41, 5.74) is -0.275. The summed E-state index contributed by atoms with van der Waals surface area (Å²) in [7, 11) is 0. The molecule has 7 heteroatoms. The molecule has 1 N–H and O–H groups in total. The van der Waals surface area contributed by atoms with E-state index in [9.17, 15) is 9.59 Å². The third-order valence-electron chi connectivity index (χ3n) is 2.60. The van der Waals surface area contributed by atoms with Gasteiger partial charge in [-0.1, -0.05) is 0 Å². The van der Waals surface area contributed by atoms with Crippen molar-refractivity contribution in [1.29, 1.82) is 0 Å². The summed E-state index contributed by atoms with van der Waals surface area (Å²) >= 11 is 1.20. The monoisotopic (exact) mass is 270 g/mol. The van der Waals surface area contributed by atoms with Gasteiger partial charge in [-0.15, -0.1) is 11.3 Å². The van der Waals surface area contributed by atoms with Crippen molar-refractivity contribution in [1.82, 2.24) is 4.98 Å². The Morgan fingerprint density at radius 3 is 2.89 bits per heavy atom. The van der Waals surface area contributed by atoms with Crippen molar-refractivity contribution in [3.63, 3.8) is 0 Å². The molecule has 98 valence electrons. The van der Waals surface area contributed by atoms with E-state index in [1.807, 2.05) is 6.92 Å². The number of carbonyl (C=O) groups excluding carboxylic acids is 2. The second kappa shape index (κ2) is 5.03. The summed E-state index contributed by atoms with van der Waals surface area (Å²) in [6, 6.07) is 0. The lowest BCUT2D eigenvalue weighted by atomic mass is 9.88. The van der Waals surface area contributed by atoms with Crippen LogP contribution in [0.4, 0.5) is 5.13 Å². The Hall–Kier alpha value is -1.47. The number of aromatic nitrogens is 1. The van der Waals surface area contributed by atoms with Crippen molar-refractivity contribution in [3.8, 4) is 0 Å². The summed E-state index contributed by atoms with van der Waals surface area (Å²) in [6.45, 7) is 4.67. The van der Waals surface area contributed by atoms with E-state index < -0.39 is 11.4 Å². The molecule has 6 nitrogen and oxygen atoms in total. The average Bonchev–Trinajstić information content (AvgIpc) is 2.74. The number of amides is 1. The van der Waals surface area contributed by atoms with Crippen molar-refractivity contribution >= 4 is 28.3 Å². The Morgan fingerprint density at radius 1 is 1.61 bits per heavy atom. The summed E-state index contributed by atoms with van der Waals surface area (Å²) in [5.74, 6) is -0.619. The van der Waals surface area contributed by atoms with Crippen LogP contribution in [-0.4, -0.2) is 36.7 Å². The summed E-state index contributed by atoms with van der Waals surface area (Å²) in [5, 5.41) is 4.64. The minimum Gasteiger partial charge on any atom is -0.461 e. The van der Waals surface area contributed by atoms with Crippen molar-refractivity contribution in [2.24, 2.45) is 5.41 Å². The Balaban J connectivity index is 1.98. The quantitative estimate of drug-likeness (QED) is 0.834. The Morgan fingerprint density at radius 2 is 2.33 bits per heavy atom. The number of hydrogen-bond donors (Lipinski definition) is 1. The van der Waals surface area contributed by atoms with Crippen molar-refractivity contribution in [2.75, 3.05) is 25.1 Å². The van der Waals surface area contributed by atoms with Crippen LogP contribution in [0.25, 0.3) is 0 Å². The predicted molar refractivity (Wildman–Crippen MR) is 65.6 cm³/mol. The average molecular weight is 270 g/mol. The van der Waals surface area contributed by atoms with E-state index >= 15 is 0 Å². The molecule has 1 saturated heterocycles. The molecule has 0 atom stereocenters. The van der Waals surface area contributed by atoms with Gasteiger partial charge >= 0.3 is 5.97 Å². The smallest absolute Gasteiger partial charge is 0.357 e. The molecule has 1 fully saturated rings. The van der Waals surface area contributed by atoms with Gasteiger partial charge < -0.3 is 14.8 Å². The van der Waals surface area contributed by atoms with E-state index in [1.54, 1.807) is 12.3 Å². The number of carbonyl (C=O) groups is 2. The van der Waals surface area contributed by atoms with Crippen molar-refractivity contribution in [2.45, 2.75) is 13.8 Å². The van der Waals surface area contributed by atoms with Crippen LogP contribution in [0.1, 0.15) is 24.3 Å². The molecular weight excluding hydrogens is 256 g/mol. The number of thiazole rings is 1. The molecule has 18 heavy (non-hydrogen) atoms. The number of esters is 1. The minimum atomic E-state index is -0.490. The van der Waals surface area contributed by atoms with E-state index in [0.717, 1.165) is 0 Å². The van der Waals surface area contributed by atoms with Gasteiger partial charge in [0.05, 0.1) is 25.2 Å². The first-order chi connectivity index (χ1) is 8.55. The van der Waals surface area contributed by atoms with E-state index in [-0.39, 0.29) is 11.6 Å². The van der Waals surface area contributed by atoms with Crippen LogP contribution < -0.4 is 5.32 Å². The summed E-state index contributed by atoms with van der Waals surface area (Å²) in [6.07, 6.45) is 0. The highest BCUT2D eigenvalue weighted by Crippen LogP contribution is 2.28. The Bertz CT molecular complexity index is 467. The molecule has 0 bridgehead atoms. The maximum atomic E-state index is 11.9. The molecule has 0 aliphatic carbocycles. The van der Waals surface area contributed by atoms with Crippen LogP contribution in [0, 0.1) is 5.41 Å². The lowest BCUT2D eigenvalue weighted by molar-refractivity contribution is -0.151. The zero-order chi connectivity index (χ0) is 13.2. The summed E-state index contributed by atoms with van der Waals surface area (Å²) < 4.78 is 9.84. The number of ether oxygens (including phenoxy) is 2. The molecule has 2 rings (SSSR count). The van der Waals surface area contributed by atoms with Crippen LogP contribution in [-0.2, 0) is 14.3 Å². The van der Waals surface area contributed by atoms with Crippen LogP contribution in [0.2, 0.25) is 0 Å². The van der Waals surface area contributed by atoms with Gasteiger partial charge in [0, 0.05) is 5.38 Å². The van der Waals surface area contributed by atoms with E-state index in [1.165, 1.54) is 11.3 Å². The van der Waals surface area contributed by atoms with Gasteiger partial charge in [-0.2, -0.15) is 0 Å². The van der Waals surface area contributed by atoms with Gasteiger partial charge in [0.15, 0.2) is 10.8 Å². The molecule has 1 amide bonds. The fourth-order valence-corrected chi connectivity index (χ4v) is 2.09. The predicted octanol–water partition coefficient (Wildman–Crippen LogP) is 1.29. The standard InChI is InChI=1S/C11H14N2O4S/c1-3-17-8(14)7-4-18-10(12-7)13-9(15)11(2)5-16-6-11/h4H,3,5-6H2,1-2H3,(H,12,13,15). The second-order valence-electron chi connectivity index (χ2n) is 4.27. The molecule has 0 saturated carbocycles. The second-order valence-corrected chi connectivity index (χ2v) is 5.12. The van der Waals surface area contributed by atoms with Crippen LogP contribution >= 0.6 is 11.3 Å². The zero-order valence-corrected chi connectivity index (χ0v) is 11.0. The maximum Gasteiger partial charge on any atom is 0.357 e. The van der Waals surface area contributed by atoms with Crippen molar-refractivity contribution < 1.29 is 19.1 Å². The molecule has 1 aliphatic heterocycles. The van der Waals surface area contributed by atoms with Gasteiger partial charge in [0.2, 0.25) is 5.91 Å². The molecule has 1 aliphatic rings. The van der Waals surface area contributed by atoms with Gasteiger partial charge in [-0.3, -0.25) is 4.79 Å². The number of hydrogen-bond acceptors (Lipinski definition) is 6. The zero-order valence-electron chi connectivity index (χ0n) is 10.2. The lowest BCUT2D eigenvalue weighted by Crippen LogP contribution is -2.49. The lowest BCUT2D eigenvalue weighted by Gasteiger charge is -2.35. The third-order valence-corrected chi connectivity index (χ3v) is 3.36. The Labute approximate surface area is 108 Å². The fraction of sp³-hybridized carbons (Fsp3) is 0.545. The largest absolute Gasteiger partial charge is 0.461 e. The normalized spacial score (nSPS) is 16.8. The number of anilines is 1. The van der Waals surface area contributed by atoms with Gasteiger partial charge in [-0.05, 0) is 13.8 Å². The minimum absolute atomic E-state index is 0.140. The third kappa shape index (κ3) is 2.51. The fourth-order valence-electron chi connectivity index (χ4n) is 1.42. The topological polar surface area (TPSA) is 77.5 Å². The van der Waals surface area contributed by atoms with Gasteiger partial charge in [0.25, 0.3) is 0 Å². The first-order valence-electron chi connectivity index (χ1n) is 5.57.